The Morgan fingerprint density at radius 1 is 1.67 bits per heavy atom. The fourth-order valence-corrected chi connectivity index (χ4v) is 1.01. The SMILES string of the molecule is C[C@H](O)CNC(=O)c1ccc(CN)cn1. The number of aliphatic hydroxyl groups is 1. The van der Waals surface area contributed by atoms with Crippen LogP contribution in [0.15, 0.2) is 18.3 Å². The Balaban J connectivity index is 2.58. The molecule has 0 aliphatic heterocycles. The van der Waals surface area contributed by atoms with Gasteiger partial charge in [-0.25, -0.2) is 0 Å². The Hall–Kier alpha value is -1.46. The average Bonchev–Trinajstić information content (AvgIpc) is 2.26. The first-order chi connectivity index (χ1) is 7.13. The summed E-state index contributed by atoms with van der Waals surface area (Å²) in [4.78, 5) is 15.4. The predicted octanol–water partition coefficient (Wildman–Crippen LogP) is -0.349. The Labute approximate surface area is 88.3 Å². The molecule has 5 nitrogen and oxygen atoms in total. The largest absolute Gasteiger partial charge is 0.392 e. The summed E-state index contributed by atoms with van der Waals surface area (Å²) in [6.45, 7) is 2.23. The van der Waals surface area contributed by atoms with Crippen molar-refractivity contribution in [3.8, 4) is 0 Å². The van der Waals surface area contributed by atoms with Gasteiger partial charge >= 0.3 is 0 Å². The summed E-state index contributed by atoms with van der Waals surface area (Å²) < 4.78 is 0. The van der Waals surface area contributed by atoms with Crippen molar-refractivity contribution >= 4 is 5.91 Å². The molecule has 1 rings (SSSR count). The molecule has 1 atom stereocenters. The number of carbonyl (C=O) groups is 1. The number of carbonyl (C=O) groups excluding carboxylic acids is 1. The zero-order chi connectivity index (χ0) is 11.3. The van der Waals surface area contributed by atoms with Gasteiger partial charge in [-0.15, -0.1) is 0 Å². The summed E-state index contributed by atoms with van der Waals surface area (Å²) in [6.07, 6.45) is 1.01. The quantitative estimate of drug-likeness (QED) is 0.632. The first-order valence-electron chi connectivity index (χ1n) is 4.74. The van der Waals surface area contributed by atoms with Crippen LogP contribution in [0.4, 0.5) is 0 Å². The smallest absolute Gasteiger partial charge is 0.269 e. The lowest BCUT2D eigenvalue weighted by Gasteiger charge is -2.06. The number of amides is 1. The molecule has 0 bridgehead atoms. The first kappa shape index (κ1) is 11.6. The molecule has 1 aromatic rings. The summed E-state index contributed by atoms with van der Waals surface area (Å²) in [6, 6.07) is 3.36. The maximum Gasteiger partial charge on any atom is 0.269 e. The van der Waals surface area contributed by atoms with Gasteiger partial charge in [-0.3, -0.25) is 9.78 Å². The van der Waals surface area contributed by atoms with Crippen LogP contribution in [0.25, 0.3) is 0 Å². The van der Waals surface area contributed by atoms with Crippen molar-refractivity contribution in [3.63, 3.8) is 0 Å². The fourth-order valence-electron chi connectivity index (χ4n) is 1.01. The minimum absolute atomic E-state index is 0.221. The highest BCUT2D eigenvalue weighted by atomic mass is 16.3. The monoisotopic (exact) mass is 209 g/mol. The van der Waals surface area contributed by atoms with Gasteiger partial charge in [-0.05, 0) is 18.6 Å². The molecule has 4 N–H and O–H groups in total. The number of aliphatic hydroxyl groups excluding tert-OH is 1. The molecular weight excluding hydrogens is 194 g/mol. The summed E-state index contributed by atoms with van der Waals surface area (Å²) >= 11 is 0. The number of pyridine rings is 1. The molecule has 15 heavy (non-hydrogen) atoms. The van der Waals surface area contributed by atoms with E-state index in [1.165, 1.54) is 0 Å². The van der Waals surface area contributed by atoms with Crippen molar-refractivity contribution in [2.45, 2.75) is 19.6 Å². The molecule has 1 amide bonds. The van der Waals surface area contributed by atoms with E-state index < -0.39 is 6.10 Å². The second-order valence-electron chi connectivity index (χ2n) is 3.31. The minimum atomic E-state index is -0.558. The summed E-state index contributed by atoms with van der Waals surface area (Å²) in [7, 11) is 0. The van der Waals surface area contributed by atoms with Gasteiger partial charge in [0.2, 0.25) is 0 Å². The van der Waals surface area contributed by atoms with Gasteiger partial charge in [-0.1, -0.05) is 6.07 Å². The highest BCUT2D eigenvalue weighted by molar-refractivity contribution is 5.92. The fraction of sp³-hybridized carbons (Fsp3) is 0.400. The zero-order valence-corrected chi connectivity index (χ0v) is 8.60. The molecule has 0 saturated carbocycles. The molecule has 1 aromatic heterocycles. The van der Waals surface area contributed by atoms with Crippen LogP contribution in [0.3, 0.4) is 0 Å². The molecule has 0 spiro atoms. The molecule has 0 aliphatic carbocycles. The number of aromatic nitrogens is 1. The lowest BCUT2D eigenvalue weighted by Crippen LogP contribution is -2.31. The predicted molar refractivity (Wildman–Crippen MR) is 56.1 cm³/mol. The standard InChI is InChI=1S/C10H15N3O2/c1-7(14)5-13-10(15)9-3-2-8(4-11)6-12-9/h2-3,6-7,14H,4-5,11H2,1H3,(H,13,15)/t7-/m0/s1. The van der Waals surface area contributed by atoms with Crippen LogP contribution in [-0.2, 0) is 6.54 Å². The van der Waals surface area contributed by atoms with Crippen molar-refractivity contribution in [2.75, 3.05) is 6.54 Å². The summed E-state index contributed by atoms with van der Waals surface area (Å²) in [5.74, 6) is -0.292. The van der Waals surface area contributed by atoms with Crippen LogP contribution in [0.1, 0.15) is 23.0 Å². The number of nitrogens with two attached hydrogens (primary N) is 1. The Kier molecular flexibility index (Phi) is 4.20. The molecule has 0 aliphatic rings. The zero-order valence-electron chi connectivity index (χ0n) is 8.60. The molecule has 0 radical (unpaired) electrons. The third-order valence-corrected chi connectivity index (χ3v) is 1.85. The maximum atomic E-state index is 11.4. The molecule has 82 valence electrons. The molecule has 1 heterocycles. The second-order valence-corrected chi connectivity index (χ2v) is 3.31. The highest BCUT2D eigenvalue weighted by Crippen LogP contribution is 1.99. The van der Waals surface area contributed by atoms with Crippen LogP contribution >= 0.6 is 0 Å². The second kappa shape index (κ2) is 5.43. The van der Waals surface area contributed by atoms with Crippen LogP contribution in [-0.4, -0.2) is 28.6 Å². The number of hydrogen-bond acceptors (Lipinski definition) is 4. The van der Waals surface area contributed by atoms with E-state index in [1.807, 2.05) is 0 Å². The van der Waals surface area contributed by atoms with Gasteiger partial charge < -0.3 is 16.2 Å². The van der Waals surface area contributed by atoms with Crippen LogP contribution in [0.2, 0.25) is 0 Å². The molecule has 0 saturated heterocycles. The number of hydrogen-bond donors (Lipinski definition) is 3. The van der Waals surface area contributed by atoms with E-state index in [1.54, 1.807) is 25.3 Å². The van der Waals surface area contributed by atoms with E-state index in [4.69, 9.17) is 10.8 Å². The minimum Gasteiger partial charge on any atom is -0.392 e. The van der Waals surface area contributed by atoms with E-state index in [0.29, 0.717) is 12.2 Å². The van der Waals surface area contributed by atoms with E-state index >= 15 is 0 Å². The third kappa shape index (κ3) is 3.65. The van der Waals surface area contributed by atoms with Gasteiger partial charge in [0, 0.05) is 19.3 Å². The van der Waals surface area contributed by atoms with Gasteiger partial charge in [0.25, 0.3) is 5.91 Å². The van der Waals surface area contributed by atoms with Gasteiger partial charge in [0.15, 0.2) is 0 Å². The van der Waals surface area contributed by atoms with Gasteiger partial charge in [0.1, 0.15) is 5.69 Å². The molecule has 0 aromatic carbocycles. The van der Waals surface area contributed by atoms with Gasteiger partial charge in [-0.2, -0.15) is 0 Å². The maximum absolute atomic E-state index is 11.4. The topological polar surface area (TPSA) is 88.2 Å². The first-order valence-corrected chi connectivity index (χ1v) is 4.74. The Morgan fingerprint density at radius 3 is 2.87 bits per heavy atom. The Morgan fingerprint density at radius 2 is 2.40 bits per heavy atom. The van der Waals surface area contributed by atoms with Crippen molar-refractivity contribution in [3.05, 3.63) is 29.6 Å². The highest BCUT2D eigenvalue weighted by Gasteiger charge is 2.07. The molecule has 0 fully saturated rings. The van der Waals surface area contributed by atoms with Crippen LogP contribution in [0.5, 0.6) is 0 Å². The molecule has 5 heteroatoms. The Bertz CT molecular complexity index is 322. The van der Waals surface area contributed by atoms with Crippen molar-refractivity contribution in [1.82, 2.24) is 10.3 Å². The normalized spacial score (nSPS) is 12.2. The van der Waals surface area contributed by atoms with Gasteiger partial charge in [0.05, 0.1) is 6.10 Å². The lowest BCUT2D eigenvalue weighted by atomic mass is 10.2. The van der Waals surface area contributed by atoms with E-state index in [0.717, 1.165) is 5.56 Å². The van der Waals surface area contributed by atoms with E-state index in [2.05, 4.69) is 10.3 Å². The van der Waals surface area contributed by atoms with Crippen molar-refractivity contribution < 1.29 is 9.90 Å². The van der Waals surface area contributed by atoms with E-state index in [9.17, 15) is 4.79 Å². The molecule has 0 unspecified atom stereocenters. The number of rotatable bonds is 4. The summed E-state index contributed by atoms with van der Waals surface area (Å²) in [5.41, 5.74) is 6.60. The van der Waals surface area contributed by atoms with Crippen LogP contribution in [0, 0.1) is 0 Å². The van der Waals surface area contributed by atoms with E-state index in [-0.39, 0.29) is 12.5 Å². The summed E-state index contributed by atoms with van der Waals surface area (Å²) in [5, 5.41) is 11.5. The average molecular weight is 209 g/mol. The van der Waals surface area contributed by atoms with Crippen LogP contribution < -0.4 is 11.1 Å². The third-order valence-electron chi connectivity index (χ3n) is 1.85. The van der Waals surface area contributed by atoms with Crippen molar-refractivity contribution in [2.24, 2.45) is 5.73 Å². The number of nitrogens with one attached hydrogen (secondary N) is 1. The number of nitrogens with zero attached hydrogens (tertiary/aromatic N) is 1. The van der Waals surface area contributed by atoms with Crippen molar-refractivity contribution in [1.29, 1.82) is 0 Å². The lowest BCUT2D eigenvalue weighted by molar-refractivity contribution is 0.0919. The molecular formula is C10H15N3O2.